The summed E-state index contributed by atoms with van der Waals surface area (Å²) in [6.45, 7) is 0.347. The van der Waals surface area contributed by atoms with Crippen LogP contribution in [-0.4, -0.2) is 18.4 Å². The third-order valence-corrected chi connectivity index (χ3v) is 3.84. The van der Waals surface area contributed by atoms with Gasteiger partial charge in [-0.1, -0.05) is 34.8 Å². The van der Waals surface area contributed by atoms with Gasteiger partial charge in [0.05, 0.1) is 6.54 Å². The molecule has 0 amide bonds. The molecule has 1 saturated carbocycles. The summed E-state index contributed by atoms with van der Waals surface area (Å²) in [6, 6.07) is 5.29. The summed E-state index contributed by atoms with van der Waals surface area (Å²) < 4.78 is 14.2. The number of nitrogens with one attached hydrogen (secondary N) is 1. The lowest BCUT2D eigenvalue weighted by Crippen LogP contribution is -2.32. The number of ketones is 1. The summed E-state index contributed by atoms with van der Waals surface area (Å²) in [4.78, 5) is 11.8. The normalized spacial score (nSPS) is 16.1. The van der Waals surface area contributed by atoms with E-state index in [0.29, 0.717) is 22.6 Å². The Morgan fingerprint density at radius 3 is 2.78 bits per heavy atom. The lowest BCUT2D eigenvalue weighted by Gasteiger charge is -2.11. The van der Waals surface area contributed by atoms with E-state index in [0.717, 1.165) is 12.8 Å². The highest BCUT2D eigenvalue weighted by atomic mass is 79.9. The van der Waals surface area contributed by atoms with Crippen LogP contribution in [0.25, 0.3) is 0 Å². The van der Waals surface area contributed by atoms with E-state index >= 15 is 0 Å². The topological polar surface area (TPSA) is 29.1 Å². The van der Waals surface area contributed by atoms with Crippen LogP contribution in [0, 0.1) is 5.82 Å². The number of Topliss-reactive ketones (excluding diaryl/α,β-unsaturated/α-hetero) is 1. The van der Waals surface area contributed by atoms with Crippen molar-refractivity contribution in [2.45, 2.75) is 38.1 Å². The monoisotopic (exact) mass is 313 g/mol. The number of halogens is 2. The number of carbonyl (C=O) groups excluding carboxylic acids is 1. The average Bonchev–Trinajstić information content (AvgIpc) is 2.83. The molecule has 1 aliphatic rings. The summed E-state index contributed by atoms with van der Waals surface area (Å²) in [6.07, 6.45) is 4.96. The summed E-state index contributed by atoms with van der Waals surface area (Å²) in [5.41, 5.74) is 0.469. The van der Waals surface area contributed by atoms with Crippen molar-refractivity contribution in [2.75, 3.05) is 6.54 Å². The van der Waals surface area contributed by atoms with Gasteiger partial charge in [-0.2, -0.15) is 0 Å². The molecule has 0 aromatic heterocycles. The van der Waals surface area contributed by atoms with Gasteiger partial charge >= 0.3 is 0 Å². The molecule has 0 heterocycles. The van der Waals surface area contributed by atoms with Crippen LogP contribution in [0.1, 0.15) is 31.2 Å². The Morgan fingerprint density at radius 2 is 2.11 bits per heavy atom. The van der Waals surface area contributed by atoms with Gasteiger partial charge in [0.1, 0.15) is 5.82 Å². The fourth-order valence-electron chi connectivity index (χ4n) is 2.33. The Labute approximate surface area is 115 Å². The lowest BCUT2D eigenvalue weighted by molar-refractivity contribution is -0.117. The molecule has 1 N–H and O–H groups in total. The van der Waals surface area contributed by atoms with E-state index in [1.54, 1.807) is 12.1 Å². The van der Waals surface area contributed by atoms with Gasteiger partial charge in [0, 0.05) is 16.9 Å². The van der Waals surface area contributed by atoms with Crippen LogP contribution in [0.3, 0.4) is 0 Å². The van der Waals surface area contributed by atoms with Gasteiger partial charge in [-0.05, 0) is 30.5 Å². The number of hydrogen-bond acceptors (Lipinski definition) is 2. The van der Waals surface area contributed by atoms with E-state index in [4.69, 9.17) is 0 Å². The zero-order valence-corrected chi connectivity index (χ0v) is 11.8. The fourth-order valence-corrected chi connectivity index (χ4v) is 2.66. The Morgan fingerprint density at radius 1 is 1.39 bits per heavy atom. The predicted molar refractivity (Wildman–Crippen MR) is 73.1 cm³/mol. The minimum absolute atomic E-state index is 0.0446. The molecule has 0 spiro atoms. The number of rotatable bonds is 5. The molecule has 4 heteroatoms. The standard InChI is InChI=1S/C14H17BrFNO/c15-11-6-5-10(14(16)8-11)7-13(18)9-17-12-3-1-2-4-12/h5-6,8,12,17H,1-4,7,9H2. The zero-order valence-electron chi connectivity index (χ0n) is 10.2. The molecule has 0 atom stereocenters. The molecular formula is C14H17BrFNO. The minimum atomic E-state index is -0.321. The van der Waals surface area contributed by atoms with Crippen molar-refractivity contribution in [3.8, 4) is 0 Å². The van der Waals surface area contributed by atoms with Crippen molar-refractivity contribution in [3.05, 3.63) is 34.1 Å². The first kappa shape index (κ1) is 13.7. The van der Waals surface area contributed by atoms with Crippen molar-refractivity contribution >= 4 is 21.7 Å². The van der Waals surface area contributed by atoms with Gasteiger partial charge in [-0.15, -0.1) is 0 Å². The molecule has 1 aromatic rings. The molecule has 0 saturated heterocycles. The van der Waals surface area contributed by atoms with Crippen molar-refractivity contribution in [1.82, 2.24) is 5.32 Å². The van der Waals surface area contributed by atoms with E-state index in [-0.39, 0.29) is 18.0 Å². The zero-order chi connectivity index (χ0) is 13.0. The number of carbonyl (C=O) groups is 1. The Bertz CT molecular complexity index is 430. The first-order valence-electron chi connectivity index (χ1n) is 6.34. The fraction of sp³-hybridized carbons (Fsp3) is 0.500. The molecule has 0 aliphatic heterocycles. The van der Waals surface area contributed by atoms with Crippen LogP contribution in [0.5, 0.6) is 0 Å². The van der Waals surface area contributed by atoms with Crippen LogP contribution >= 0.6 is 15.9 Å². The summed E-state index contributed by atoms with van der Waals surface area (Å²) in [5.74, 6) is -0.276. The Kier molecular flexibility index (Phi) is 4.89. The maximum Gasteiger partial charge on any atom is 0.151 e. The first-order valence-corrected chi connectivity index (χ1v) is 7.13. The average molecular weight is 314 g/mol. The number of hydrogen-bond donors (Lipinski definition) is 1. The highest BCUT2D eigenvalue weighted by Gasteiger charge is 2.16. The van der Waals surface area contributed by atoms with Gasteiger partial charge in [-0.25, -0.2) is 4.39 Å². The second kappa shape index (κ2) is 6.43. The third kappa shape index (κ3) is 3.89. The van der Waals surface area contributed by atoms with Crippen molar-refractivity contribution in [2.24, 2.45) is 0 Å². The van der Waals surface area contributed by atoms with Crippen molar-refractivity contribution < 1.29 is 9.18 Å². The van der Waals surface area contributed by atoms with Gasteiger partial charge < -0.3 is 5.32 Å². The molecule has 0 unspecified atom stereocenters. The molecule has 18 heavy (non-hydrogen) atoms. The Balaban J connectivity index is 1.82. The second-order valence-corrected chi connectivity index (χ2v) is 5.73. The largest absolute Gasteiger partial charge is 0.307 e. The second-order valence-electron chi connectivity index (χ2n) is 4.81. The van der Waals surface area contributed by atoms with Crippen LogP contribution in [0.15, 0.2) is 22.7 Å². The SMILES string of the molecule is O=C(CNC1CCCC1)Cc1ccc(Br)cc1F. The highest BCUT2D eigenvalue weighted by molar-refractivity contribution is 9.10. The molecule has 2 nitrogen and oxygen atoms in total. The summed E-state index contributed by atoms with van der Waals surface area (Å²) in [5, 5.41) is 3.25. The van der Waals surface area contributed by atoms with Gasteiger partial charge in [-0.3, -0.25) is 4.79 Å². The van der Waals surface area contributed by atoms with Crippen molar-refractivity contribution in [3.63, 3.8) is 0 Å². The maximum absolute atomic E-state index is 13.5. The number of benzene rings is 1. The summed E-state index contributed by atoms with van der Waals surface area (Å²) in [7, 11) is 0. The maximum atomic E-state index is 13.5. The van der Waals surface area contributed by atoms with E-state index in [9.17, 15) is 9.18 Å². The molecule has 98 valence electrons. The first-order chi connectivity index (χ1) is 8.65. The van der Waals surface area contributed by atoms with Crippen LogP contribution in [-0.2, 0) is 11.2 Å². The molecule has 0 bridgehead atoms. The predicted octanol–water partition coefficient (Wildman–Crippen LogP) is 3.23. The Hall–Kier alpha value is -0.740. The smallest absolute Gasteiger partial charge is 0.151 e. The van der Waals surface area contributed by atoms with Gasteiger partial charge in [0.2, 0.25) is 0 Å². The van der Waals surface area contributed by atoms with E-state index in [2.05, 4.69) is 21.2 Å². The molecule has 0 radical (unpaired) electrons. The molecule has 1 aliphatic carbocycles. The minimum Gasteiger partial charge on any atom is -0.307 e. The van der Waals surface area contributed by atoms with Crippen LogP contribution in [0.4, 0.5) is 4.39 Å². The quantitative estimate of drug-likeness (QED) is 0.904. The van der Waals surface area contributed by atoms with Crippen molar-refractivity contribution in [1.29, 1.82) is 0 Å². The third-order valence-electron chi connectivity index (χ3n) is 3.35. The molecule has 1 fully saturated rings. The lowest BCUT2D eigenvalue weighted by atomic mass is 10.1. The van der Waals surface area contributed by atoms with Gasteiger partial charge in [0.25, 0.3) is 0 Å². The van der Waals surface area contributed by atoms with E-state index in [1.807, 2.05) is 0 Å². The molecule has 1 aromatic carbocycles. The highest BCUT2D eigenvalue weighted by Crippen LogP contribution is 2.18. The van der Waals surface area contributed by atoms with E-state index < -0.39 is 0 Å². The van der Waals surface area contributed by atoms with Crippen LogP contribution in [0.2, 0.25) is 0 Å². The van der Waals surface area contributed by atoms with Crippen LogP contribution < -0.4 is 5.32 Å². The molecular weight excluding hydrogens is 297 g/mol. The summed E-state index contributed by atoms with van der Waals surface area (Å²) >= 11 is 3.20. The molecule has 2 rings (SSSR count). The van der Waals surface area contributed by atoms with E-state index in [1.165, 1.54) is 18.9 Å². The van der Waals surface area contributed by atoms with Gasteiger partial charge in [0.15, 0.2) is 5.78 Å².